The number of carbonyl (C=O) groups excluding carboxylic acids is 1. The van der Waals surface area contributed by atoms with Gasteiger partial charge < -0.3 is 14.6 Å². The summed E-state index contributed by atoms with van der Waals surface area (Å²) >= 11 is 0. The molecule has 0 unspecified atom stereocenters. The highest BCUT2D eigenvalue weighted by molar-refractivity contribution is 5.87. The van der Waals surface area contributed by atoms with Gasteiger partial charge in [0.2, 0.25) is 0 Å². The van der Waals surface area contributed by atoms with Gasteiger partial charge in [-0.05, 0) is 51.5 Å². The number of benzene rings is 1. The van der Waals surface area contributed by atoms with Crippen molar-refractivity contribution in [2.45, 2.75) is 27.7 Å². The van der Waals surface area contributed by atoms with Gasteiger partial charge in [-0.15, -0.1) is 0 Å². The van der Waals surface area contributed by atoms with Crippen LogP contribution >= 0.6 is 0 Å². The summed E-state index contributed by atoms with van der Waals surface area (Å²) in [6, 6.07) is 6.44. The van der Waals surface area contributed by atoms with Crippen LogP contribution in [0.15, 0.2) is 30.0 Å². The SMILES string of the molecule is CCOC(=O)/C=C(/C)Nc1cc2c(cc1C)cc(C)n2C. The smallest absolute Gasteiger partial charge is 0.332 e. The molecule has 0 radical (unpaired) electrons. The predicted molar refractivity (Wildman–Crippen MR) is 86.4 cm³/mol. The maximum atomic E-state index is 11.5. The zero-order valence-electron chi connectivity index (χ0n) is 13.3. The van der Waals surface area contributed by atoms with E-state index < -0.39 is 0 Å². The van der Waals surface area contributed by atoms with E-state index in [9.17, 15) is 4.79 Å². The summed E-state index contributed by atoms with van der Waals surface area (Å²) < 4.78 is 7.07. The molecule has 2 rings (SSSR count). The van der Waals surface area contributed by atoms with E-state index in [4.69, 9.17) is 4.74 Å². The van der Waals surface area contributed by atoms with Gasteiger partial charge in [-0.2, -0.15) is 0 Å². The van der Waals surface area contributed by atoms with Gasteiger partial charge in [-0.1, -0.05) is 0 Å². The summed E-state index contributed by atoms with van der Waals surface area (Å²) in [4.78, 5) is 11.5. The summed E-state index contributed by atoms with van der Waals surface area (Å²) in [5.74, 6) is -0.323. The summed E-state index contributed by atoms with van der Waals surface area (Å²) in [5, 5.41) is 4.50. The Balaban J connectivity index is 2.32. The fourth-order valence-electron chi connectivity index (χ4n) is 2.38. The minimum absolute atomic E-state index is 0.323. The Morgan fingerprint density at radius 2 is 2.05 bits per heavy atom. The second-order valence-electron chi connectivity index (χ2n) is 5.28. The molecule has 4 heteroatoms. The van der Waals surface area contributed by atoms with Crippen LogP contribution in [0, 0.1) is 13.8 Å². The lowest BCUT2D eigenvalue weighted by Crippen LogP contribution is -2.05. The van der Waals surface area contributed by atoms with Crippen LogP contribution in [-0.4, -0.2) is 17.1 Å². The van der Waals surface area contributed by atoms with Crippen molar-refractivity contribution >= 4 is 22.6 Å². The summed E-state index contributed by atoms with van der Waals surface area (Å²) in [7, 11) is 2.05. The number of nitrogens with one attached hydrogen (secondary N) is 1. The van der Waals surface area contributed by atoms with E-state index in [-0.39, 0.29) is 5.97 Å². The number of hydrogen-bond acceptors (Lipinski definition) is 3. The molecule has 4 nitrogen and oxygen atoms in total. The standard InChI is InChI=1S/C17H22N2O2/c1-6-21-17(20)8-12(3)18-15-10-16-14(7-11(15)2)9-13(4)19(16)5/h7-10,18H,6H2,1-5H3/b12-8-. The highest BCUT2D eigenvalue weighted by Gasteiger charge is 2.07. The second-order valence-corrected chi connectivity index (χ2v) is 5.28. The number of carbonyl (C=O) groups is 1. The van der Waals surface area contributed by atoms with E-state index in [1.807, 2.05) is 6.92 Å². The Morgan fingerprint density at radius 3 is 2.71 bits per heavy atom. The van der Waals surface area contributed by atoms with Crippen LogP contribution in [0.2, 0.25) is 0 Å². The summed E-state index contributed by atoms with van der Waals surface area (Å²) in [6.07, 6.45) is 1.48. The molecule has 0 fully saturated rings. The average molecular weight is 286 g/mol. The molecule has 0 aliphatic carbocycles. The van der Waals surface area contributed by atoms with Gasteiger partial charge in [0, 0.05) is 35.6 Å². The third-order valence-electron chi connectivity index (χ3n) is 3.58. The van der Waals surface area contributed by atoms with Crippen molar-refractivity contribution in [3.05, 3.63) is 41.2 Å². The molecule has 0 saturated carbocycles. The first-order valence-electron chi connectivity index (χ1n) is 7.11. The molecule has 1 N–H and O–H groups in total. The molecule has 0 aliphatic heterocycles. The average Bonchev–Trinajstić information content (AvgIpc) is 2.66. The van der Waals surface area contributed by atoms with Gasteiger partial charge in [0.1, 0.15) is 0 Å². The zero-order valence-corrected chi connectivity index (χ0v) is 13.3. The lowest BCUT2D eigenvalue weighted by atomic mass is 10.1. The fraction of sp³-hybridized carbons (Fsp3) is 0.353. The molecule has 1 heterocycles. The van der Waals surface area contributed by atoms with Crippen LogP contribution in [0.3, 0.4) is 0 Å². The van der Waals surface area contributed by atoms with Crippen molar-refractivity contribution in [2.24, 2.45) is 7.05 Å². The van der Waals surface area contributed by atoms with Gasteiger partial charge >= 0.3 is 5.97 Å². The molecule has 2 aromatic rings. The number of fused-ring (bicyclic) bond motifs is 1. The van der Waals surface area contributed by atoms with Crippen LogP contribution in [0.5, 0.6) is 0 Å². The molecule has 112 valence electrons. The van der Waals surface area contributed by atoms with E-state index >= 15 is 0 Å². The topological polar surface area (TPSA) is 43.3 Å². The first kappa shape index (κ1) is 15.2. The Morgan fingerprint density at radius 1 is 1.33 bits per heavy atom. The Labute approximate surface area is 125 Å². The first-order chi connectivity index (χ1) is 9.92. The first-order valence-corrected chi connectivity index (χ1v) is 7.11. The summed E-state index contributed by atoms with van der Waals surface area (Å²) in [5.41, 5.74) is 5.30. The van der Waals surface area contributed by atoms with Crippen LogP contribution in [-0.2, 0) is 16.6 Å². The Hall–Kier alpha value is -2.23. The molecule has 0 spiro atoms. The molecule has 0 aliphatic rings. The maximum Gasteiger partial charge on any atom is 0.332 e. The maximum absolute atomic E-state index is 11.5. The number of allylic oxidation sites excluding steroid dienone is 1. The van der Waals surface area contributed by atoms with E-state index in [0.29, 0.717) is 6.61 Å². The summed E-state index contributed by atoms with van der Waals surface area (Å²) in [6.45, 7) is 8.19. The monoisotopic (exact) mass is 286 g/mol. The third-order valence-corrected chi connectivity index (χ3v) is 3.58. The largest absolute Gasteiger partial charge is 0.463 e. The minimum Gasteiger partial charge on any atom is -0.463 e. The fourth-order valence-corrected chi connectivity index (χ4v) is 2.38. The third kappa shape index (κ3) is 3.27. The van der Waals surface area contributed by atoms with E-state index in [1.54, 1.807) is 6.92 Å². The van der Waals surface area contributed by atoms with Crippen LogP contribution in [0.25, 0.3) is 10.9 Å². The van der Waals surface area contributed by atoms with Crippen molar-refractivity contribution in [3.63, 3.8) is 0 Å². The number of esters is 1. The number of rotatable bonds is 4. The van der Waals surface area contributed by atoms with Crippen LogP contribution in [0.4, 0.5) is 5.69 Å². The van der Waals surface area contributed by atoms with Gasteiger partial charge in [-0.25, -0.2) is 4.79 Å². The van der Waals surface area contributed by atoms with E-state index in [2.05, 4.69) is 49.0 Å². The van der Waals surface area contributed by atoms with Crippen molar-refractivity contribution in [1.29, 1.82) is 0 Å². The second kappa shape index (κ2) is 6.04. The molecule has 1 aromatic heterocycles. The molecule has 0 amide bonds. The number of aromatic nitrogens is 1. The molecule has 1 aromatic carbocycles. The molecular formula is C17H22N2O2. The number of aryl methyl sites for hydroxylation is 3. The molecule has 21 heavy (non-hydrogen) atoms. The van der Waals surface area contributed by atoms with Crippen molar-refractivity contribution in [3.8, 4) is 0 Å². The number of hydrogen-bond donors (Lipinski definition) is 1. The molecule has 0 atom stereocenters. The number of ether oxygens (including phenoxy) is 1. The van der Waals surface area contributed by atoms with Gasteiger partial charge in [0.25, 0.3) is 0 Å². The van der Waals surface area contributed by atoms with Gasteiger partial charge in [0.15, 0.2) is 0 Å². The molecular weight excluding hydrogens is 264 g/mol. The van der Waals surface area contributed by atoms with Gasteiger partial charge in [0.05, 0.1) is 12.1 Å². The van der Waals surface area contributed by atoms with E-state index in [0.717, 1.165) is 16.9 Å². The van der Waals surface area contributed by atoms with Crippen LogP contribution < -0.4 is 5.32 Å². The van der Waals surface area contributed by atoms with Gasteiger partial charge in [-0.3, -0.25) is 0 Å². The minimum atomic E-state index is -0.323. The molecule has 0 saturated heterocycles. The number of anilines is 1. The van der Waals surface area contributed by atoms with Crippen molar-refractivity contribution in [2.75, 3.05) is 11.9 Å². The molecule has 0 bridgehead atoms. The lowest BCUT2D eigenvalue weighted by Gasteiger charge is -2.11. The van der Waals surface area contributed by atoms with Crippen molar-refractivity contribution < 1.29 is 9.53 Å². The highest BCUT2D eigenvalue weighted by atomic mass is 16.5. The normalized spacial score (nSPS) is 11.8. The lowest BCUT2D eigenvalue weighted by molar-refractivity contribution is -0.137. The predicted octanol–water partition coefficient (Wildman–Crippen LogP) is 3.67. The van der Waals surface area contributed by atoms with Crippen molar-refractivity contribution in [1.82, 2.24) is 4.57 Å². The van der Waals surface area contributed by atoms with E-state index in [1.165, 1.54) is 22.7 Å². The van der Waals surface area contributed by atoms with Crippen LogP contribution in [0.1, 0.15) is 25.1 Å². The Bertz CT molecular complexity index is 711. The highest BCUT2D eigenvalue weighted by Crippen LogP contribution is 2.26. The Kier molecular flexibility index (Phi) is 4.36. The quantitative estimate of drug-likeness (QED) is 0.689. The zero-order chi connectivity index (χ0) is 15.6. The number of nitrogens with zero attached hydrogens (tertiary/aromatic N) is 1.